The highest BCUT2D eigenvalue weighted by atomic mass is 16.6. The van der Waals surface area contributed by atoms with Gasteiger partial charge in [-0.25, -0.2) is 19.2 Å². The van der Waals surface area contributed by atoms with Gasteiger partial charge in [0.2, 0.25) is 0 Å². The molecule has 0 saturated heterocycles. The lowest BCUT2D eigenvalue weighted by Gasteiger charge is -2.26. The van der Waals surface area contributed by atoms with E-state index in [-0.39, 0.29) is 111 Å². The van der Waals surface area contributed by atoms with Gasteiger partial charge in [-0.15, -0.1) is 0 Å². The average molecular weight is 1110 g/mol. The Morgan fingerprint density at radius 1 is 0.412 bits per heavy atom. The molecule has 4 aromatic rings. The van der Waals surface area contributed by atoms with Gasteiger partial charge in [0.05, 0.1) is 76.1 Å². The van der Waals surface area contributed by atoms with Crippen LogP contribution in [0.2, 0.25) is 0 Å². The summed E-state index contributed by atoms with van der Waals surface area (Å²) in [5.41, 5.74) is 1.79. The topological polar surface area (TPSA) is 281 Å². The van der Waals surface area contributed by atoms with Crippen LogP contribution in [0.1, 0.15) is 83.2 Å². The number of ether oxygens (including phenoxy) is 12. The summed E-state index contributed by atoms with van der Waals surface area (Å²) in [7, 11) is 2.71. The maximum absolute atomic E-state index is 13.3. The zero-order valence-electron chi connectivity index (χ0n) is 44.1. The number of hydrogen-bond donors (Lipinski definition) is 0. The molecular weight excluding hydrogens is 1050 g/mol. The minimum atomic E-state index is -0.709. The molecule has 0 atom stereocenters. The predicted molar refractivity (Wildman–Crippen MR) is 278 cm³/mol. The molecule has 5 rings (SSSR count). The van der Waals surface area contributed by atoms with Crippen molar-refractivity contribution < 1.29 is 105 Å². The fraction of sp³-hybridized carbons (Fsp3) is 0.345. The molecule has 0 amide bonds. The summed E-state index contributed by atoms with van der Waals surface area (Å²) < 4.78 is 62.8. The lowest BCUT2D eigenvalue weighted by molar-refractivity contribution is -0.152. The third kappa shape index (κ3) is 20.9. The van der Waals surface area contributed by atoms with E-state index in [2.05, 4.69) is 13.2 Å². The fourth-order valence-corrected chi connectivity index (χ4v) is 7.46. The van der Waals surface area contributed by atoms with E-state index < -0.39 is 71.5 Å². The summed E-state index contributed by atoms with van der Waals surface area (Å²) in [5, 5.41) is 0. The van der Waals surface area contributed by atoms with E-state index in [1.807, 2.05) is 0 Å². The highest BCUT2D eigenvalue weighted by Gasteiger charge is 2.33. The van der Waals surface area contributed by atoms with Crippen molar-refractivity contribution in [3.8, 4) is 34.5 Å². The van der Waals surface area contributed by atoms with Crippen molar-refractivity contribution in [3.05, 3.63) is 132 Å². The molecule has 0 radical (unpaired) electrons. The van der Waals surface area contributed by atoms with Gasteiger partial charge in [-0.3, -0.25) is 28.8 Å². The number of esters is 10. The monoisotopic (exact) mass is 1110 g/mol. The number of methoxy groups -OCH3 is 2. The summed E-state index contributed by atoms with van der Waals surface area (Å²) in [5.74, 6) is -6.49. The predicted octanol–water partition coefficient (Wildman–Crippen LogP) is 6.74. The Morgan fingerprint density at radius 3 is 1.06 bits per heavy atom. The minimum Gasteiger partial charge on any atom is -0.493 e. The van der Waals surface area contributed by atoms with E-state index >= 15 is 0 Å². The highest BCUT2D eigenvalue weighted by Crippen LogP contribution is 2.36. The van der Waals surface area contributed by atoms with Crippen molar-refractivity contribution in [2.45, 2.75) is 64.2 Å². The lowest BCUT2D eigenvalue weighted by atomic mass is 9.82. The summed E-state index contributed by atoms with van der Waals surface area (Å²) in [6, 6.07) is 21.5. The molecule has 4 aromatic carbocycles. The van der Waals surface area contributed by atoms with E-state index in [0.29, 0.717) is 38.5 Å². The molecule has 0 aliphatic heterocycles. The van der Waals surface area contributed by atoms with Crippen molar-refractivity contribution in [2.75, 3.05) is 53.9 Å². The van der Waals surface area contributed by atoms with Crippen LogP contribution in [0.15, 0.2) is 110 Å². The van der Waals surface area contributed by atoms with E-state index in [1.165, 1.54) is 50.6 Å². The molecule has 0 spiro atoms. The molecular formula is C58H60O22. The van der Waals surface area contributed by atoms with Gasteiger partial charge in [0.25, 0.3) is 0 Å². The standard InChI is InChI=1S/C58H60O22/c1-5-49(59)73-31-33-75-53(63)25-23-51(61)71-29-27-37-7-17-43(18-8-37)77-57(67)41-15-21-45(47(35-41)69-3)79-55(65)39-11-13-40(14-12-39)56(66)80-46-22-16-42(36-48(46)70-4)58(68)78-44-19-9-38(10-20-44)28-30-72-52(62)24-26-54(64)76-34-32-74-50(60)6-2/h5-10,15-22,35-36,39-40H,1-2,11-14,23-34H2,3-4H3. The smallest absolute Gasteiger partial charge is 0.343 e. The van der Waals surface area contributed by atoms with Gasteiger partial charge in [-0.1, -0.05) is 37.4 Å². The maximum Gasteiger partial charge on any atom is 0.343 e. The zero-order chi connectivity index (χ0) is 57.8. The molecule has 0 bridgehead atoms. The number of carbonyl (C=O) groups excluding carboxylic acids is 10. The quantitative estimate of drug-likeness (QED) is 0.0172. The van der Waals surface area contributed by atoms with Crippen LogP contribution in [0.3, 0.4) is 0 Å². The Kier molecular flexibility index (Phi) is 24.9. The van der Waals surface area contributed by atoms with E-state index in [9.17, 15) is 47.9 Å². The third-order valence-corrected chi connectivity index (χ3v) is 11.8. The molecule has 0 N–H and O–H groups in total. The van der Waals surface area contributed by atoms with Gasteiger partial charge in [0.1, 0.15) is 37.9 Å². The first-order valence-electron chi connectivity index (χ1n) is 25.2. The van der Waals surface area contributed by atoms with Crippen LogP contribution in [0.5, 0.6) is 34.5 Å². The van der Waals surface area contributed by atoms with Crippen molar-refractivity contribution in [3.63, 3.8) is 0 Å². The SMILES string of the molecule is C=CC(=O)OCCOC(=O)CCC(=O)OCCc1ccc(OC(=O)c2ccc(OC(=O)C3CCC(C(=O)Oc4ccc(C(=O)Oc5ccc(CCOC(=O)CCC(=O)OCCOC(=O)C=C)cc5)cc4OC)CC3)c(OC)c2)cc1. The van der Waals surface area contributed by atoms with Crippen molar-refractivity contribution in [2.24, 2.45) is 11.8 Å². The van der Waals surface area contributed by atoms with E-state index in [4.69, 9.17) is 56.8 Å². The third-order valence-electron chi connectivity index (χ3n) is 11.8. The van der Waals surface area contributed by atoms with Crippen LogP contribution >= 0.6 is 0 Å². The maximum atomic E-state index is 13.3. The summed E-state index contributed by atoms with van der Waals surface area (Å²) in [6.07, 6.45) is 3.18. The Labute approximate surface area is 460 Å². The second-order valence-electron chi connectivity index (χ2n) is 17.3. The first kappa shape index (κ1) is 61.5. The Morgan fingerprint density at radius 2 is 0.738 bits per heavy atom. The molecule has 0 heterocycles. The van der Waals surface area contributed by atoms with Crippen LogP contribution in [-0.4, -0.2) is 114 Å². The van der Waals surface area contributed by atoms with Crippen molar-refractivity contribution >= 4 is 59.7 Å². The normalized spacial score (nSPS) is 13.4. The van der Waals surface area contributed by atoms with E-state index in [1.54, 1.807) is 48.5 Å². The lowest BCUT2D eigenvalue weighted by Crippen LogP contribution is -2.30. The van der Waals surface area contributed by atoms with Crippen LogP contribution in [0, 0.1) is 11.8 Å². The molecule has 1 aliphatic carbocycles. The molecule has 1 aliphatic rings. The molecule has 1 saturated carbocycles. The van der Waals surface area contributed by atoms with Gasteiger partial charge in [-0.2, -0.15) is 0 Å². The van der Waals surface area contributed by atoms with Gasteiger partial charge < -0.3 is 56.8 Å². The molecule has 80 heavy (non-hydrogen) atoms. The van der Waals surface area contributed by atoms with Crippen molar-refractivity contribution in [1.29, 1.82) is 0 Å². The van der Waals surface area contributed by atoms with E-state index in [0.717, 1.165) is 23.3 Å². The zero-order valence-corrected chi connectivity index (χ0v) is 44.1. The molecule has 0 aromatic heterocycles. The molecule has 424 valence electrons. The summed E-state index contributed by atoms with van der Waals surface area (Å²) in [4.78, 5) is 122. The minimum absolute atomic E-state index is 0.0406. The number of carbonyl (C=O) groups is 10. The van der Waals surface area contributed by atoms with Crippen LogP contribution in [0.4, 0.5) is 0 Å². The second-order valence-corrected chi connectivity index (χ2v) is 17.3. The average Bonchev–Trinajstić information content (AvgIpc) is 3.47. The molecule has 22 heteroatoms. The van der Waals surface area contributed by atoms with Gasteiger partial charge >= 0.3 is 59.7 Å². The Balaban J connectivity index is 0.988. The van der Waals surface area contributed by atoms with Gasteiger partial charge in [-0.05, 0) is 97.5 Å². The van der Waals surface area contributed by atoms with Gasteiger partial charge in [0, 0.05) is 25.0 Å². The van der Waals surface area contributed by atoms with Crippen LogP contribution in [0.25, 0.3) is 0 Å². The summed E-state index contributed by atoms with van der Waals surface area (Å²) in [6.45, 7) is 6.03. The van der Waals surface area contributed by atoms with Gasteiger partial charge in [0.15, 0.2) is 23.0 Å². The number of hydrogen-bond acceptors (Lipinski definition) is 22. The summed E-state index contributed by atoms with van der Waals surface area (Å²) >= 11 is 0. The van der Waals surface area contributed by atoms with Crippen LogP contribution in [-0.2, 0) is 79.6 Å². The largest absolute Gasteiger partial charge is 0.493 e. The number of rotatable bonds is 30. The number of benzene rings is 4. The molecule has 0 unspecified atom stereocenters. The van der Waals surface area contributed by atoms with Crippen LogP contribution < -0.4 is 28.4 Å². The second kappa shape index (κ2) is 32.4. The highest BCUT2D eigenvalue weighted by molar-refractivity contribution is 5.93. The van der Waals surface area contributed by atoms with Crippen molar-refractivity contribution in [1.82, 2.24) is 0 Å². The Hall–Kier alpha value is -9.34. The molecule has 22 nitrogen and oxygen atoms in total. The first-order valence-corrected chi connectivity index (χ1v) is 25.2. The Bertz CT molecular complexity index is 2650. The fourth-order valence-electron chi connectivity index (χ4n) is 7.46. The molecule has 1 fully saturated rings. The first-order chi connectivity index (χ1) is 38.6.